The zero-order valence-corrected chi connectivity index (χ0v) is 15.4. The van der Waals surface area contributed by atoms with Crippen LogP contribution < -0.4 is 15.0 Å². The third-order valence-corrected chi connectivity index (χ3v) is 4.52. The minimum Gasteiger partial charge on any atom is -0.497 e. The number of methoxy groups -OCH3 is 1. The molecule has 1 saturated heterocycles. The lowest BCUT2D eigenvalue weighted by atomic mass is 10.1. The fourth-order valence-corrected chi connectivity index (χ4v) is 3.00. The molecule has 0 radical (unpaired) electrons. The summed E-state index contributed by atoms with van der Waals surface area (Å²) in [7, 11) is 1.62. The van der Waals surface area contributed by atoms with Crippen LogP contribution >= 0.6 is 0 Å². The van der Waals surface area contributed by atoms with E-state index < -0.39 is 5.82 Å². The van der Waals surface area contributed by atoms with Crippen LogP contribution in [0.25, 0.3) is 11.1 Å². The van der Waals surface area contributed by atoms with Crippen molar-refractivity contribution in [2.45, 2.75) is 0 Å². The maximum Gasteiger partial charge on any atom is 0.165 e. The van der Waals surface area contributed by atoms with Gasteiger partial charge in [0, 0.05) is 24.7 Å². The van der Waals surface area contributed by atoms with Crippen molar-refractivity contribution in [2.75, 3.05) is 43.6 Å². The molecule has 1 aromatic carbocycles. The molecule has 3 heterocycles. The first-order valence-corrected chi connectivity index (χ1v) is 8.95. The first-order valence-electron chi connectivity index (χ1n) is 8.95. The fourth-order valence-electron chi connectivity index (χ4n) is 3.00. The van der Waals surface area contributed by atoms with Crippen LogP contribution in [0.2, 0.25) is 0 Å². The molecule has 28 heavy (non-hydrogen) atoms. The Hall–Kier alpha value is -3.26. The molecule has 1 fully saturated rings. The van der Waals surface area contributed by atoms with Crippen molar-refractivity contribution in [1.82, 2.24) is 15.2 Å². The van der Waals surface area contributed by atoms with E-state index in [2.05, 4.69) is 25.4 Å². The first kappa shape index (κ1) is 18.1. The van der Waals surface area contributed by atoms with Crippen LogP contribution in [0.3, 0.4) is 0 Å². The highest BCUT2D eigenvalue weighted by atomic mass is 19.1. The molecule has 7 nitrogen and oxygen atoms in total. The average Bonchev–Trinajstić information content (AvgIpc) is 2.76. The van der Waals surface area contributed by atoms with Gasteiger partial charge in [0.1, 0.15) is 11.6 Å². The maximum absolute atomic E-state index is 14.3. The Morgan fingerprint density at radius 3 is 2.61 bits per heavy atom. The molecule has 0 atom stereocenters. The Labute approximate surface area is 162 Å². The molecular formula is C20H20FN5O2. The standard InChI is InChI=1S/C20H20FN5O2/c1-27-16-4-2-14(3-5-16)15-10-19(25-23-12-15)24-18-11-20(22-13-17(18)21)26-6-8-28-9-7-26/h2-5,10-13H,6-9H2,1H3,(H,22,24,25). The lowest BCUT2D eigenvalue weighted by Crippen LogP contribution is -2.36. The van der Waals surface area contributed by atoms with Crippen LogP contribution in [0, 0.1) is 5.82 Å². The van der Waals surface area contributed by atoms with Crippen LogP contribution in [0.4, 0.5) is 21.7 Å². The number of anilines is 3. The number of nitrogens with zero attached hydrogens (tertiary/aromatic N) is 4. The molecular weight excluding hydrogens is 361 g/mol. The van der Waals surface area contributed by atoms with E-state index in [9.17, 15) is 4.39 Å². The summed E-state index contributed by atoms with van der Waals surface area (Å²) in [6.07, 6.45) is 2.88. The van der Waals surface area contributed by atoms with E-state index in [1.54, 1.807) is 19.4 Å². The highest BCUT2D eigenvalue weighted by Gasteiger charge is 2.15. The third kappa shape index (κ3) is 4.01. The summed E-state index contributed by atoms with van der Waals surface area (Å²) in [5.41, 5.74) is 2.13. The predicted molar refractivity (Wildman–Crippen MR) is 105 cm³/mol. The van der Waals surface area contributed by atoms with Gasteiger partial charge in [0.2, 0.25) is 0 Å². The second-order valence-corrected chi connectivity index (χ2v) is 6.30. The number of pyridine rings is 1. The Morgan fingerprint density at radius 2 is 1.86 bits per heavy atom. The van der Waals surface area contributed by atoms with Gasteiger partial charge < -0.3 is 19.7 Å². The van der Waals surface area contributed by atoms with Gasteiger partial charge in [-0.2, -0.15) is 5.10 Å². The molecule has 0 saturated carbocycles. The normalized spacial score (nSPS) is 14.0. The summed E-state index contributed by atoms with van der Waals surface area (Å²) >= 11 is 0. The van der Waals surface area contributed by atoms with Gasteiger partial charge >= 0.3 is 0 Å². The SMILES string of the molecule is COc1ccc(-c2cnnc(Nc3cc(N4CCOCC4)ncc3F)c2)cc1. The molecule has 1 aliphatic heterocycles. The zero-order valence-electron chi connectivity index (χ0n) is 15.4. The smallest absolute Gasteiger partial charge is 0.165 e. The van der Waals surface area contributed by atoms with Gasteiger partial charge in [-0.1, -0.05) is 12.1 Å². The molecule has 8 heteroatoms. The monoisotopic (exact) mass is 381 g/mol. The summed E-state index contributed by atoms with van der Waals surface area (Å²) in [5, 5.41) is 11.1. The topological polar surface area (TPSA) is 72.4 Å². The molecule has 2 aromatic heterocycles. The number of hydrogen-bond acceptors (Lipinski definition) is 7. The number of ether oxygens (including phenoxy) is 2. The molecule has 0 spiro atoms. The second kappa shape index (κ2) is 8.18. The number of aromatic nitrogens is 3. The summed E-state index contributed by atoms with van der Waals surface area (Å²) in [6.45, 7) is 2.73. The molecule has 0 amide bonds. The van der Waals surface area contributed by atoms with Crippen molar-refractivity contribution >= 4 is 17.3 Å². The van der Waals surface area contributed by atoms with E-state index in [1.165, 1.54) is 6.20 Å². The molecule has 0 unspecified atom stereocenters. The van der Waals surface area contributed by atoms with Crippen molar-refractivity contribution in [2.24, 2.45) is 0 Å². The minimum absolute atomic E-state index is 0.303. The van der Waals surface area contributed by atoms with E-state index in [-0.39, 0.29) is 0 Å². The highest BCUT2D eigenvalue weighted by Crippen LogP contribution is 2.26. The summed E-state index contributed by atoms with van der Waals surface area (Å²) < 4.78 is 24.8. The van der Waals surface area contributed by atoms with Crippen molar-refractivity contribution in [3.63, 3.8) is 0 Å². The molecule has 4 rings (SSSR count). The van der Waals surface area contributed by atoms with Crippen molar-refractivity contribution < 1.29 is 13.9 Å². The Morgan fingerprint density at radius 1 is 1.07 bits per heavy atom. The van der Waals surface area contributed by atoms with E-state index >= 15 is 0 Å². The van der Waals surface area contributed by atoms with E-state index in [4.69, 9.17) is 9.47 Å². The van der Waals surface area contributed by atoms with Crippen molar-refractivity contribution in [3.8, 4) is 16.9 Å². The van der Waals surface area contributed by atoms with Crippen LogP contribution in [-0.2, 0) is 4.74 Å². The van der Waals surface area contributed by atoms with Crippen LogP contribution in [0.5, 0.6) is 5.75 Å². The molecule has 1 aliphatic rings. The molecule has 3 aromatic rings. The number of benzene rings is 1. The Bertz CT molecular complexity index is 946. The van der Waals surface area contributed by atoms with E-state index in [0.717, 1.165) is 30.0 Å². The van der Waals surface area contributed by atoms with Crippen LogP contribution in [0.15, 0.2) is 48.8 Å². The number of halogens is 1. The van der Waals surface area contributed by atoms with Gasteiger partial charge in [0.05, 0.1) is 38.4 Å². The minimum atomic E-state index is -0.450. The second-order valence-electron chi connectivity index (χ2n) is 6.30. The number of nitrogens with one attached hydrogen (secondary N) is 1. The summed E-state index contributed by atoms with van der Waals surface area (Å²) in [6, 6.07) is 11.1. The maximum atomic E-state index is 14.3. The van der Waals surface area contributed by atoms with Gasteiger partial charge in [-0.25, -0.2) is 9.37 Å². The number of hydrogen-bond donors (Lipinski definition) is 1. The molecule has 0 bridgehead atoms. The number of rotatable bonds is 5. The summed E-state index contributed by atoms with van der Waals surface area (Å²) in [5.74, 6) is 1.48. The Kier molecular flexibility index (Phi) is 5.29. The van der Waals surface area contributed by atoms with Crippen LogP contribution in [-0.4, -0.2) is 48.6 Å². The molecule has 144 valence electrons. The van der Waals surface area contributed by atoms with E-state index in [1.807, 2.05) is 30.3 Å². The van der Waals surface area contributed by atoms with Gasteiger partial charge in [0.15, 0.2) is 11.6 Å². The van der Waals surface area contributed by atoms with Gasteiger partial charge in [0.25, 0.3) is 0 Å². The predicted octanol–water partition coefficient (Wildman–Crippen LogP) is 3.27. The lowest BCUT2D eigenvalue weighted by Gasteiger charge is -2.28. The highest BCUT2D eigenvalue weighted by molar-refractivity contribution is 5.69. The number of morpholine rings is 1. The van der Waals surface area contributed by atoms with Gasteiger partial charge in [-0.3, -0.25) is 0 Å². The third-order valence-electron chi connectivity index (χ3n) is 4.52. The quantitative estimate of drug-likeness (QED) is 0.727. The largest absolute Gasteiger partial charge is 0.497 e. The zero-order chi connectivity index (χ0) is 19.3. The average molecular weight is 381 g/mol. The van der Waals surface area contributed by atoms with Gasteiger partial charge in [-0.05, 0) is 23.8 Å². The van der Waals surface area contributed by atoms with Crippen LogP contribution in [0.1, 0.15) is 0 Å². The van der Waals surface area contributed by atoms with E-state index in [0.29, 0.717) is 30.5 Å². The Balaban J connectivity index is 1.57. The fraction of sp³-hybridized carbons (Fsp3) is 0.250. The summed E-state index contributed by atoms with van der Waals surface area (Å²) in [4.78, 5) is 6.26. The lowest BCUT2D eigenvalue weighted by molar-refractivity contribution is 0.122. The van der Waals surface area contributed by atoms with Gasteiger partial charge in [-0.15, -0.1) is 5.10 Å². The molecule has 0 aliphatic carbocycles. The first-order chi connectivity index (χ1) is 13.7. The molecule has 1 N–H and O–H groups in total. The van der Waals surface area contributed by atoms with Crippen molar-refractivity contribution in [1.29, 1.82) is 0 Å². The van der Waals surface area contributed by atoms with Crippen molar-refractivity contribution in [3.05, 3.63) is 54.6 Å².